The Morgan fingerprint density at radius 1 is 1.06 bits per heavy atom. The SMILES string of the molecule is CC(C)c1ccc(-c2cscn2)c(C(C)C)n1. The van der Waals surface area contributed by atoms with E-state index in [9.17, 15) is 0 Å². The smallest absolute Gasteiger partial charge is 0.0829 e. The van der Waals surface area contributed by atoms with Crippen LogP contribution in [0.3, 0.4) is 0 Å². The third-order valence-electron chi connectivity index (χ3n) is 2.79. The fourth-order valence-electron chi connectivity index (χ4n) is 1.81. The van der Waals surface area contributed by atoms with E-state index in [0.717, 1.165) is 17.1 Å². The van der Waals surface area contributed by atoms with Gasteiger partial charge in [-0.1, -0.05) is 27.7 Å². The molecule has 0 unspecified atom stereocenters. The van der Waals surface area contributed by atoms with Crippen LogP contribution in [-0.4, -0.2) is 9.97 Å². The second kappa shape index (κ2) is 4.96. The van der Waals surface area contributed by atoms with Gasteiger partial charge >= 0.3 is 0 Å². The van der Waals surface area contributed by atoms with Gasteiger partial charge in [0.1, 0.15) is 0 Å². The Morgan fingerprint density at radius 3 is 2.35 bits per heavy atom. The molecular formula is C14H18N2S. The molecule has 0 aliphatic rings. The molecule has 2 rings (SSSR count). The molecule has 0 amide bonds. The van der Waals surface area contributed by atoms with Crippen molar-refractivity contribution >= 4 is 11.3 Å². The maximum Gasteiger partial charge on any atom is 0.0829 e. The van der Waals surface area contributed by atoms with E-state index in [1.165, 1.54) is 5.56 Å². The first-order valence-electron chi connectivity index (χ1n) is 5.99. The van der Waals surface area contributed by atoms with E-state index in [0.29, 0.717) is 11.8 Å². The Labute approximate surface area is 107 Å². The number of nitrogens with zero attached hydrogens (tertiary/aromatic N) is 2. The van der Waals surface area contributed by atoms with Gasteiger partial charge in [0.2, 0.25) is 0 Å². The Hall–Kier alpha value is -1.22. The van der Waals surface area contributed by atoms with Crippen LogP contribution in [0.15, 0.2) is 23.0 Å². The first-order chi connectivity index (χ1) is 8.09. The first-order valence-corrected chi connectivity index (χ1v) is 6.93. The van der Waals surface area contributed by atoms with Crippen LogP contribution in [0.5, 0.6) is 0 Å². The molecule has 0 saturated heterocycles. The van der Waals surface area contributed by atoms with Gasteiger partial charge in [0.05, 0.1) is 16.9 Å². The van der Waals surface area contributed by atoms with Crippen LogP contribution in [0.2, 0.25) is 0 Å². The van der Waals surface area contributed by atoms with E-state index in [1.807, 2.05) is 5.51 Å². The standard InChI is InChI=1S/C14H18N2S/c1-9(2)12-6-5-11(13-7-17-8-15-13)14(16-12)10(3)4/h5-10H,1-4H3. The van der Waals surface area contributed by atoms with Gasteiger partial charge in [0, 0.05) is 16.6 Å². The number of hydrogen-bond donors (Lipinski definition) is 0. The van der Waals surface area contributed by atoms with Gasteiger partial charge in [-0.05, 0) is 24.0 Å². The predicted molar refractivity (Wildman–Crippen MR) is 73.5 cm³/mol. The highest BCUT2D eigenvalue weighted by atomic mass is 32.1. The largest absolute Gasteiger partial charge is 0.257 e. The third kappa shape index (κ3) is 2.55. The molecule has 0 atom stereocenters. The van der Waals surface area contributed by atoms with Gasteiger partial charge in [-0.2, -0.15) is 0 Å². The monoisotopic (exact) mass is 246 g/mol. The first kappa shape index (κ1) is 12.2. The summed E-state index contributed by atoms with van der Waals surface area (Å²) < 4.78 is 0. The van der Waals surface area contributed by atoms with Crippen LogP contribution in [0, 0.1) is 0 Å². The molecule has 2 nitrogen and oxygen atoms in total. The maximum absolute atomic E-state index is 4.79. The van der Waals surface area contributed by atoms with Gasteiger partial charge < -0.3 is 0 Å². The van der Waals surface area contributed by atoms with Crippen molar-refractivity contribution in [2.75, 3.05) is 0 Å². The Balaban J connectivity index is 2.53. The average Bonchev–Trinajstić information content (AvgIpc) is 2.81. The highest BCUT2D eigenvalue weighted by Gasteiger charge is 2.13. The van der Waals surface area contributed by atoms with Gasteiger partial charge in [-0.25, -0.2) is 4.98 Å². The zero-order valence-electron chi connectivity index (χ0n) is 10.8. The van der Waals surface area contributed by atoms with E-state index in [1.54, 1.807) is 11.3 Å². The average molecular weight is 246 g/mol. The Kier molecular flexibility index (Phi) is 3.57. The summed E-state index contributed by atoms with van der Waals surface area (Å²) in [5.74, 6) is 0.891. The summed E-state index contributed by atoms with van der Waals surface area (Å²) in [6.07, 6.45) is 0. The van der Waals surface area contributed by atoms with Crippen molar-refractivity contribution in [3.63, 3.8) is 0 Å². The van der Waals surface area contributed by atoms with Gasteiger partial charge in [0.15, 0.2) is 0 Å². The minimum Gasteiger partial charge on any atom is -0.257 e. The van der Waals surface area contributed by atoms with Crippen molar-refractivity contribution in [1.29, 1.82) is 0 Å². The minimum absolute atomic E-state index is 0.422. The van der Waals surface area contributed by atoms with Crippen molar-refractivity contribution in [2.24, 2.45) is 0 Å². The predicted octanol–water partition coefficient (Wildman–Crippen LogP) is 4.45. The van der Waals surface area contributed by atoms with E-state index in [4.69, 9.17) is 4.98 Å². The van der Waals surface area contributed by atoms with Crippen molar-refractivity contribution in [3.8, 4) is 11.3 Å². The van der Waals surface area contributed by atoms with Gasteiger partial charge in [-0.15, -0.1) is 11.3 Å². The molecule has 3 heteroatoms. The lowest BCUT2D eigenvalue weighted by atomic mass is 9.99. The Morgan fingerprint density at radius 2 is 1.82 bits per heavy atom. The lowest BCUT2D eigenvalue weighted by Crippen LogP contribution is -2.02. The molecule has 0 aliphatic heterocycles. The molecule has 2 aromatic rings. The minimum atomic E-state index is 0.422. The number of thiazole rings is 1. The summed E-state index contributed by atoms with van der Waals surface area (Å²) in [5.41, 5.74) is 6.40. The molecule has 0 aliphatic carbocycles. The second-order valence-corrected chi connectivity index (χ2v) is 5.57. The summed E-state index contributed by atoms with van der Waals surface area (Å²) in [6.45, 7) is 8.72. The Bertz CT molecular complexity index is 487. The summed E-state index contributed by atoms with van der Waals surface area (Å²) in [6, 6.07) is 4.28. The van der Waals surface area contributed by atoms with Crippen LogP contribution in [-0.2, 0) is 0 Å². The summed E-state index contributed by atoms with van der Waals surface area (Å²) in [4.78, 5) is 9.17. The fraction of sp³-hybridized carbons (Fsp3) is 0.429. The summed E-state index contributed by atoms with van der Waals surface area (Å²) in [7, 11) is 0. The quantitative estimate of drug-likeness (QED) is 0.799. The lowest BCUT2D eigenvalue weighted by Gasteiger charge is -2.13. The van der Waals surface area contributed by atoms with Crippen LogP contribution in [0.1, 0.15) is 50.9 Å². The van der Waals surface area contributed by atoms with Crippen LogP contribution < -0.4 is 0 Å². The van der Waals surface area contributed by atoms with Crippen LogP contribution in [0.4, 0.5) is 0 Å². The number of hydrogen-bond acceptors (Lipinski definition) is 3. The molecule has 0 N–H and O–H groups in total. The zero-order chi connectivity index (χ0) is 12.4. The fourth-order valence-corrected chi connectivity index (χ4v) is 2.37. The molecule has 2 aromatic heterocycles. The molecule has 0 fully saturated rings. The molecule has 0 spiro atoms. The van der Waals surface area contributed by atoms with Gasteiger partial charge in [0.25, 0.3) is 0 Å². The van der Waals surface area contributed by atoms with E-state index in [-0.39, 0.29) is 0 Å². The van der Waals surface area contributed by atoms with E-state index < -0.39 is 0 Å². The highest BCUT2D eigenvalue weighted by Crippen LogP contribution is 2.29. The molecule has 2 heterocycles. The molecule has 17 heavy (non-hydrogen) atoms. The normalized spacial score (nSPS) is 11.4. The van der Waals surface area contributed by atoms with Crippen LogP contribution >= 0.6 is 11.3 Å². The van der Waals surface area contributed by atoms with Crippen molar-refractivity contribution in [3.05, 3.63) is 34.4 Å². The van der Waals surface area contributed by atoms with Crippen molar-refractivity contribution < 1.29 is 0 Å². The molecule has 0 bridgehead atoms. The van der Waals surface area contributed by atoms with Crippen molar-refractivity contribution in [1.82, 2.24) is 9.97 Å². The zero-order valence-corrected chi connectivity index (χ0v) is 11.6. The number of pyridine rings is 1. The summed E-state index contributed by atoms with van der Waals surface area (Å²) in [5, 5.41) is 2.08. The van der Waals surface area contributed by atoms with Crippen molar-refractivity contribution in [2.45, 2.75) is 39.5 Å². The maximum atomic E-state index is 4.79. The second-order valence-electron chi connectivity index (χ2n) is 4.85. The number of rotatable bonds is 3. The number of aromatic nitrogens is 2. The molecule has 90 valence electrons. The van der Waals surface area contributed by atoms with Crippen LogP contribution in [0.25, 0.3) is 11.3 Å². The molecule has 0 aromatic carbocycles. The lowest BCUT2D eigenvalue weighted by molar-refractivity contribution is 0.766. The van der Waals surface area contributed by atoms with E-state index >= 15 is 0 Å². The third-order valence-corrected chi connectivity index (χ3v) is 3.38. The molecule has 0 saturated carbocycles. The van der Waals surface area contributed by atoms with Gasteiger partial charge in [-0.3, -0.25) is 4.98 Å². The summed E-state index contributed by atoms with van der Waals surface area (Å²) >= 11 is 1.63. The topological polar surface area (TPSA) is 25.8 Å². The van der Waals surface area contributed by atoms with E-state index in [2.05, 4.69) is 50.2 Å². The highest BCUT2D eigenvalue weighted by molar-refractivity contribution is 7.07. The molecule has 0 radical (unpaired) electrons. The molecular weight excluding hydrogens is 228 g/mol.